The fourth-order valence-corrected chi connectivity index (χ4v) is 4.26. The van der Waals surface area contributed by atoms with Crippen molar-refractivity contribution in [2.45, 2.75) is 11.7 Å². The number of carbonyl (C=O) groups is 2. The molecule has 1 N–H and O–H groups in total. The zero-order chi connectivity index (χ0) is 20.1. The van der Waals surface area contributed by atoms with Crippen LogP contribution in [0.5, 0.6) is 0 Å². The van der Waals surface area contributed by atoms with Crippen LogP contribution in [-0.4, -0.2) is 47.4 Å². The summed E-state index contributed by atoms with van der Waals surface area (Å²) in [6.07, 6.45) is -0.160. The van der Waals surface area contributed by atoms with Gasteiger partial charge < -0.3 is 10.1 Å². The minimum absolute atomic E-state index is 0.134. The van der Waals surface area contributed by atoms with Crippen molar-refractivity contribution in [3.05, 3.63) is 46.7 Å². The first kappa shape index (κ1) is 20.4. The van der Waals surface area contributed by atoms with E-state index < -0.39 is 22.8 Å². The number of aliphatic imine (C=N–C) groups is 1. The van der Waals surface area contributed by atoms with E-state index in [0.29, 0.717) is 24.4 Å². The summed E-state index contributed by atoms with van der Waals surface area (Å²) in [6, 6.07) is 4.70. The molecule has 1 saturated heterocycles. The molecule has 0 spiro atoms. The number of nitrogens with zero attached hydrogens (tertiary/aromatic N) is 2. The number of amides is 2. The van der Waals surface area contributed by atoms with Crippen LogP contribution in [0.4, 0.5) is 20.2 Å². The molecule has 10 heteroatoms. The number of hydrogen-bond acceptors (Lipinski definition) is 6. The van der Waals surface area contributed by atoms with Crippen LogP contribution in [0.25, 0.3) is 0 Å². The number of carbonyl (C=O) groups excluding carboxylic acids is 2. The number of methoxy groups -OCH3 is 1. The van der Waals surface area contributed by atoms with Crippen LogP contribution < -0.4 is 5.32 Å². The second kappa shape index (κ2) is 9.26. The molecule has 2 aromatic rings. The molecule has 2 amide bonds. The Kier molecular flexibility index (Phi) is 6.76. The lowest BCUT2D eigenvalue weighted by atomic mass is 10.2. The molecule has 3 rings (SSSR count). The van der Waals surface area contributed by atoms with Gasteiger partial charge in [0.05, 0.1) is 24.5 Å². The van der Waals surface area contributed by atoms with Gasteiger partial charge in [-0.05, 0) is 23.6 Å². The first-order chi connectivity index (χ1) is 13.5. The highest BCUT2D eigenvalue weighted by atomic mass is 32.2. The predicted molar refractivity (Wildman–Crippen MR) is 106 cm³/mol. The van der Waals surface area contributed by atoms with Crippen molar-refractivity contribution in [1.82, 2.24) is 4.90 Å². The van der Waals surface area contributed by atoms with Crippen molar-refractivity contribution >= 4 is 51.5 Å². The zero-order valence-electron chi connectivity index (χ0n) is 14.9. The summed E-state index contributed by atoms with van der Waals surface area (Å²) in [5.41, 5.74) is 0.589. The van der Waals surface area contributed by atoms with E-state index in [4.69, 9.17) is 4.74 Å². The van der Waals surface area contributed by atoms with Gasteiger partial charge in [-0.15, -0.1) is 0 Å². The standard InChI is InChI=1S/C18H17F2N3O3S2/c1-26-6-5-23-17(25)15(28-18(23)21-12-4-7-27-10-12)9-16(24)22-14-3-2-11(19)8-13(14)20/h2-4,7-8,10,15H,5-6,9H2,1H3,(H,22,24). The molecule has 1 fully saturated rings. The molecule has 6 nitrogen and oxygen atoms in total. The number of ether oxygens (including phenoxy) is 1. The minimum Gasteiger partial charge on any atom is -0.383 e. The molecule has 1 aromatic heterocycles. The molecular weight excluding hydrogens is 408 g/mol. The van der Waals surface area contributed by atoms with Crippen LogP contribution in [0.15, 0.2) is 40.0 Å². The number of thioether (sulfide) groups is 1. The Balaban J connectivity index is 1.70. The predicted octanol–water partition coefficient (Wildman–Crippen LogP) is 3.63. The summed E-state index contributed by atoms with van der Waals surface area (Å²) in [7, 11) is 1.53. The lowest BCUT2D eigenvalue weighted by molar-refractivity contribution is -0.128. The van der Waals surface area contributed by atoms with Crippen molar-refractivity contribution in [3.8, 4) is 0 Å². The molecule has 1 unspecified atom stereocenters. The van der Waals surface area contributed by atoms with E-state index in [9.17, 15) is 18.4 Å². The van der Waals surface area contributed by atoms with E-state index in [0.717, 1.165) is 17.8 Å². The summed E-state index contributed by atoms with van der Waals surface area (Å²) < 4.78 is 31.7. The number of hydrogen-bond donors (Lipinski definition) is 1. The van der Waals surface area contributed by atoms with Gasteiger partial charge in [0.1, 0.15) is 16.9 Å². The Bertz CT molecular complexity index is 890. The van der Waals surface area contributed by atoms with E-state index >= 15 is 0 Å². The second-order valence-electron chi connectivity index (χ2n) is 5.84. The highest BCUT2D eigenvalue weighted by Crippen LogP contribution is 2.32. The van der Waals surface area contributed by atoms with E-state index in [1.165, 1.54) is 35.1 Å². The lowest BCUT2D eigenvalue weighted by Crippen LogP contribution is -2.35. The van der Waals surface area contributed by atoms with Gasteiger partial charge >= 0.3 is 0 Å². The molecule has 28 heavy (non-hydrogen) atoms. The van der Waals surface area contributed by atoms with Gasteiger partial charge in [0.15, 0.2) is 5.17 Å². The summed E-state index contributed by atoms with van der Waals surface area (Å²) in [6.45, 7) is 0.644. The number of halogens is 2. The van der Waals surface area contributed by atoms with Gasteiger partial charge in [0.2, 0.25) is 11.8 Å². The number of amidine groups is 1. The Labute approximate surface area is 168 Å². The number of thiophene rings is 1. The van der Waals surface area contributed by atoms with Crippen LogP contribution in [0, 0.1) is 11.6 Å². The number of anilines is 1. The maximum absolute atomic E-state index is 13.7. The summed E-state index contributed by atoms with van der Waals surface area (Å²) >= 11 is 2.67. The van der Waals surface area contributed by atoms with Crippen molar-refractivity contribution in [1.29, 1.82) is 0 Å². The SMILES string of the molecule is COCCN1C(=O)C(CC(=O)Nc2ccc(F)cc2F)SC1=Nc1ccsc1. The van der Waals surface area contributed by atoms with Gasteiger partial charge in [-0.25, -0.2) is 13.8 Å². The molecular formula is C18H17F2N3O3S2. The molecule has 0 bridgehead atoms. The van der Waals surface area contributed by atoms with Gasteiger partial charge in [0, 0.05) is 25.0 Å². The average Bonchev–Trinajstić information content (AvgIpc) is 3.25. The molecule has 1 aliphatic heterocycles. The van der Waals surface area contributed by atoms with Crippen molar-refractivity contribution in [2.24, 2.45) is 4.99 Å². The lowest BCUT2D eigenvalue weighted by Gasteiger charge is -2.15. The highest BCUT2D eigenvalue weighted by Gasteiger charge is 2.39. The van der Waals surface area contributed by atoms with E-state index in [2.05, 4.69) is 10.3 Å². The summed E-state index contributed by atoms with van der Waals surface area (Å²) in [5, 5.41) is 5.91. The van der Waals surface area contributed by atoms with Crippen LogP contribution in [-0.2, 0) is 14.3 Å². The third kappa shape index (κ3) is 4.94. The first-order valence-electron chi connectivity index (χ1n) is 8.30. The summed E-state index contributed by atoms with van der Waals surface area (Å²) in [4.78, 5) is 31.0. The monoisotopic (exact) mass is 425 g/mol. The molecule has 148 valence electrons. The Morgan fingerprint density at radius 3 is 2.86 bits per heavy atom. The third-order valence-electron chi connectivity index (χ3n) is 3.85. The normalized spacial score (nSPS) is 18.1. The second-order valence-corrected chi connectivity index (χ2v) is 7.79. The maximum Gasteiger partial charge on any atom is 0.242 e. The number of benzene rings is 1. The maximum atomic E-state index is 13.7. The van der Waals surface area contributed by atoms with Gasteiger partial charge in [-0.1, -0.05) is 11.8 Å². The van der Waals surface area contributed by atoms with Gasteiger partial charge in [-0.3, -0.25) is 14.5 Å². The molecule has 0 saturated carbocycles. The van der Waals surface area contributed by atoms with Crippen LogP contribution >= 0.6 is 23.1 Å². The smallest absolute Gasteiger partial charge is 0.242 e. The van der Waals surface area contributed by atoms with Crippen LogP contribution in [0.1, 0.15) is 6.42 Å². The third-order valence-corrected chi connectivity index (χ3v) is 5.69. The van der Waals surface area contributed by atoms with Crippen LogP contribution in [0.3, 0.4) is 0 Å². The van der Waals surface area contributed by atoms with E-state index in [1.807, 2.05) is 16.8 Å². The van der Waals surface area contributed by atoms with Gasteiger partial charge in [0.25, 0.3) is 0 Å². The summed E-state index contributed by atoms with van der Waals surface area (Å²) in [5.74, 6) is -2.41. The number of nitrogens with one attached hydrogen (secondary N) is 1. The molecule has 1 aromatic carbocycles. The Hall–Kier alpha value is -2.30. The average molecular weight is 425 g/mol. The molecule has 0 aliphatic carbocycles. The van der Waals surface area contributed by atoms with Crippen molar-refractivity contribution in [3.63, 3.8) is 0 Å². The molecule has 2 heterocycles. The zero-order valence-corrected chi connectivity index (χ0v) is 16.5. The van der Waals surface area contributed by atoms with Crippen molar-refractivity contribution < 1.29 is 23.1 Å². The highest BCUT2D eigenvalue weighted by molar-refractivity contribution is 8.15. The first-order valence-corrected chi connectivity index (χ1v) is 10.1. The van der Waals surface area contributed by atoms with Gasteiger partial charge in [-0.2, -0.15) is 11.3 Å². The Morgan fingerprint density at radius 2 is 2.18 bits per heavy atom. The fourth-order valence-electron chi connectivity index (χ4n) is 2.51. The van der Waals surface area contributed by atoms with E-state index in [-0.39, 0.29) is 18.0 Å². The molecule has 0 radical (unpaired) electrons. The quantitative estimate of drug-likeness (QED) is 0.735. The Morgan fingerprint density at radius 1 is 1.36 bits per heavy atom. The molecule has 1 aliphatic rings. The number of rotatable bonds is 7. The van der Waals surface area contributed by atoms with Crippen molar-refractivity contribution in [2.75, 3.05) is 25.6 Å². The minimum atomic E-state index is -0.875. The fraction of sp³-hybridized carbons (Fsp3) is 0.278. The van der Waals surface area contributed by atoms with Crippen LogP contribution in [0.2, 0.25) is 0 Å². The van der Waals surface area contributed by atoms with E-state index in [1.54, 1.807) is 0 Å². The molecule has 1 atom stereocenters. The largest absolute Gasteiger partial charge is 0.383 e. The topological polar surface area (TPSA) is 71.0 Å².